The minimum absolute atomic E-state index is 0.0984. The number of nitrogens with one attached hydrogen (secondary N) is 1. The molecule has 0 spiro atoms. The van der Waals surface area contributed by atoms with Gasteiger partial charge in [-0.05, 0) is 25.7 Å². The number of carbonyl (C=O) groups excluding carboxylic acids is 1. The minimum Gasteiger partial charge on any atom is -0.480 e. The number of urea groups is 1. The van der Waals surface area contributed by atoms with Crippen molar-refractivity contribution < 1.29 is 14.7 Å². The summed E-state index contributed by atoms with van der Waals surface area (Å²) in [7, 11) is 1.69. The van der Waals surface area contributed by atoms with E-state index in [4.69, 9.17) is 5.11 Å². The summed E-state index contributed by atoms with van der Waals surface area (Å²) in [5.41, 5.74) is 0. The first-order valence-electron chi connectivity index (χ1n) is 6.05. The van der Waals surface area contributed by atoms with E-state index >= 15 is 0 Å². The van der Waals surface area contributed by atoms with Gasteiger partial charge in [-0.3, -0.25) is 0 Å². The summed E-state index contributed by atoms with van der Waals surface area (Å²) >= 11 is 0. The van der Waals surface area contributed by atoms with Crippen molar-refractivity contribution in [3.63, 3.8) is 0 Å². The monoisotopic (exact) mass is 244 g/mol. The van der Waals surface area contributed by atoms with E-state index in [-0.39, 0.29) is 12.1 Å². The minimum atomic E-state index is -0.995. The molecule has 0 radical (unpaired) electrons. The smallest absolute Gasteiger partial charge is 0.326 e. The number of rotatable bonds is 6. The molecule has 5 heteroatoms. The molecule has 0 bridgehead atoms. The van der Waals surface area contributed by atoms with Crippen LogP contribution in [0.1, 0.15) is 40.5 Å². The summed E-state index contributed by atoms with van der Waals surface area (Å²) in [6.45, 7) is 7.88. The SMILES string of the molecule is CC[C@H](NC(=O)N(C)C(C)CC(C)C)C(=O)O. The molecular formula is C12H24N2O3. The largest absolute Gasteiger partial charge is 0.480 e. The Labute approximate surface area is 103 Å². The molecule has 0 fully saturated rings. The summed E-state index contributed by atoms with van der Waals surface area (Å²) < 4.78 is 0. The molecule has 0 rings (SSSR count). The van der Waals surface area contributed by atoms with Gasteiger partial charge in [0.2, 0.25) is 0 Å². The lowest BCUT2D eigenvalue weighted by Gasteiger charge is -2.27. The van der Waals surface area contributed by atoms with Crippen LogP contribution >= 0.6 is 0 Å². The molecule has 17 heavy (non-hydrogen) atoms. The molecule has 5 nitrogen and oxygen atoms in total. The average Bonchev–Trinajstić information content (AvgIpc) is 2.22. The molecular weight excluding hydrogens is 220 g/mol. The number of carboxylic acids is 1. The molecule has 0 aliphatic heterocycles. The fourth-order valence-electron chi connectivity index (χ4n) is 1.63. The van der Waals surface area contributed by atoms with E-state index in [1.54, 1.807) is 18.9 Å². The standard InChI is InChI=1S/C12H24N2O3/c1-6-10(11(15)16)13-12(17)14(5)9(4)7-8(2)3/h8-10H,6-7H2,1-5H3,(H,13,17)(H,15,16)/t9?,10-/m0/s1. The zero-order chi connectivity index (χ0) is 13.6. The van der Waals surface area contributed by atoms with Gasteiger partial charge in [0.05, 0.1) is 0 Å². The quantitative estimate of drug-likeness (QED) is 0.750. The Kier molecular flexibility index (Phi) is 6.61. The summed E-state index contributed by atoms with van der Waals surface area (Å²) in [6, 6.07) is -1.04. The number of hydrogen-bond acceptors (Lipinski definition) is 2. The molecule has 2 amide bonds. The lowest BCUT2D eigenvalue weighted by atomic mass is 10.0. The Balaban J connectivity index is 4.34. The van der Waals surface area contributed by atoms with Crippen molar-refractivity contribution >= 4 is 12.0 Å². The van der Waals surface area contributed by atoms with E-state index in [0.29, 0.717) is 12.3 Å². The molecule has 2 N–H and O–H groups in total. The lowest BCUT2D eigenvalue weighted by molar-refractivity contribution is -0.139. The molecule has 1 unspecified atom stereocenters. The molecule has 0 saturated heterocycles. The molecule has 0 heterocycles. The van der Waals surface area contributed by atoms with Gasteiger partial charge in [-0.1, -0.05) is 20.8 Å². The number of aliphatic carboxylic acids is 1. The second-order valence-electron chi connectivity index (χ2n) is 4.84. The second-order valence-corrected chi connectivity index (χ2v) is 4.84. The van der Waals surface area contributed by atoms with Crippen LogP contribution in [0.4, 0.5) is 4.79 Å². The third-order valence-electron chi connectivity index (χ3n) is 2.80. The summed E-state index contributed by atoms with van der Waals surface area (Å²) in [5, 5.41) is 11.4. The second kappa shape index (κ2) is 7.14. The van der Waals surface area contributed by atoms with Gasteiger partial charge in [-0.25, -0.2) is 9.59 Å². The van der Waals surface area contributed by atoms with Crippen LogP contribution in [0.2, 0.25) is 0 Å². The maximum absolute atomic E-state index is 11.8. The number of amides is 2. The highest BCUT2D eigenvalue weighted by Crippen LogP contribution is 2.09. The predicted molar refractivity (Wildman–Crippen MR) is 66.9 cm³/mol. The zero-order valence-electron chi connectivity index (χ0n) is 11.4. The van der Waals surface area contributed by atoms with Gasteiger partial charge >= 0.3 is 12.0 Å². The van der Waals surface area contributed by atoms with Crippen LogP contribution in [0, 0.1) is 5.92 Å². The van der Waals surface area contributed by atoms with Crippen molar-refractivity contribution in [3.05, 3.63) is 0 Å². The fraction of sp³-hybridized carbons (Fsp3) is 0.833. The topological polar surface area (TPSA) is 69.6 Å². The van der Waals surface area contributed by atoms with Crippen LogP contribution in [0.25, 0.3) is 0 Å². The van der Waals surface area contributed by atoms with Crippen LogP contribution in [0.3, 0.4) is 0 Å². The molecule has 0 aromatic heterocycles. The lowest BCUT2D eigenvalue weighted by Crippen LogP contribution is -2.49. The highest BCUT2D eigenvalue weighted by atomic mass is 16.4. The average molecular weight is 244 g/mol. The van der Waals surface area contributed by atoms with Crippen molar-refractivity contribution in [1.82, 2.24) is 10.2 Å². The maximum Gasteiger partial charge on any atom is 0.326 e. The third-order valence-corrected chi connectivity index (χ3v) is 2.80. The molecule has 0 aromatic rings. The Morgan fingerprint density at radius 3 is 2.18 bits per heavy atom. The molecule has 2 atom stereocenters. The van der Waals surface area contributed by atoms with E-state index in [1.165, 1.54) is 0 Å². The summed E-state index contributed by atoms with van der Waals surface area (Å²) in [5.74, 6) is -0.493. The van der Waals surface area contributed by atoms with Gasteiger partial charge in [-0.15, -0.1) is 0 Å². The van der Waals surface area contributed by atoms with Gasteiger partial charge in [0.1, 0.15) is 6.04 Å². The fourth-order valence-corrected chi connectivity index (χ4v) is 1.63. The van der Waals surface area contributed by atoms with Crippen molar-refractivity contribution in [2.24, 2.45) is 5.92 Å². The predicted octanol–water partition coefficient (Wildman–Crippen LogP) is 1.93. The van der Waals surface area contributed by atoms with E-state index in [9.17, 15) is 9.59 Å². The van der Waals surface area contributed by atoms with Crippen molar-refractivity contribution in [3.8, 4) is 0 Å². The highest BCUT2D eigenvalue weighted by molar-refractivity contribution is 5.82. The first kappa shape index (κ1) is 15.7. The van der Waals surface area contributed by atoms with E-state index in [2.05, 4.69) is 19.2 Å². The Morgan fingerprint density at radius 2 is 1.82 bits per heavy atom. The van der Waals surface area contributed by atoms with Crippen molar-refractivity contribution in [1.29, 1.82) is 0 Å². The van der Waals surface area contributed by atoms with Gasteiger partial charge in [0, 0.05) is 13.1 Å². The maximum atomic E-state index is 11.8. The van der Waals surface area contributed by atoms with Gasteiger partial charge in [-0.2, -0.15) is 0 Å². The van der Waals surface area contributed by atoms with Crippen LogP contribution in [-0.4, -0.2) is 41.1 Å². The van der Waals surface area contributed by atoms with E-state index in [0.717, 1.165) is 6.42 Å². The van der Waals surface area contributed by atoms with Crippen LogP contribution in [0.15, 0.2) is 0 Å². The first-order chi connectivity index (χ1) is 7.79. The third kappa shape index (κ3) is 5.56. The number of carbonyl (C=O) groups is 2. The van der Waals surface area contributed by atoms with E-state index < -0.39 is 12.0 Å². The zero-order valence-corrected chi connectivity index (χ0v) is 11.4. The number of carboxylic acid groups (broad SMARTS) is 1. The molecule has 0 saturated carbocycles. The number of nitrogens with zero attached hydrogens (tertiary/aromatic N) is 1. The molecule has 100 valence electrons. The molecule has 0 aromatic carbocycles. The Hall–Kier alpha value is -1.26. The van der Waals surface area contributed by atoms with Gasteiger partial charge in [0.25, 0.3) is 0 Å². The van der Waals surface area contributed by atoms with Crippen molar-refractivity contribution in [2.45, 2.75) is 52.6 Å². The molecule has 0 aliphatic rings. The van der Waals surface area contributed by atoms with Gasteiger partial charge < -0.3 is 15.3 Å². The summed E-state index contributed by atoms with van der Waals surface area (Å²) in [6.07, 6.45) is 1.28. The Morgan fingerprint density at radius 1 is 1.29 bits per heavy atom. The summed E-state index contributed by atoms with van der Waals surface area (Å²) in [4.78, 5) is 24.2. The first-order valence-corrected chi connectivity index (χ1v) is 6.05. The van der Waals surface area contributed by atoms with Gasteiger partial charge in [0.15, 0.2) is 0 Å². The van der Waals surface area contributed by atoms with Crippen molar-refractivity contribution in [2.75, 3.05) is 7.05 Å². The van der Waals surface area contributed by atoms with E-state index in [1.807, 2.05) is 6.92 Å². The van der Waals surface area contributed by atoms with Crippen LogP contribution < -0.4 is 5.32 Å². The normalized spacial score (nSPS) is 14.2. The van der Waals surface area contributed by atoms with Crippen LogP contribution in [-0.2, 0) is 4.79 Å². The Bertz CT molecular complexity index is 266. The molecule has 0 aliphatic carbocycles. The highest BCUT2D eigenvalue weighted by Gasteiger charge is 2.22. The number of hydrogen-bond donors (Lipinski definition) is 2. The van der Waals surface area contributed by atoms with Crippen LogP contribution in [0.5, 0.6) is 0 Å².